The molecular formula is C11H22N2. The third-order valence-electron chi connectivity index (χ3n) is 2.31. The van der Waals surface area contributed by atoms with Gasteiger partial charge in [0.05, 0.1) is 5.84 Å². The van der Waals surface area contributed by atoms with Crippen LogP contribution in [0.25, 0.3) is 0 Å². The van der Waals surface area contributed by atoms with E-state index in [0.29, 0.717) is 6.04 Å². The van der Waals surface area contributed by atoms with E-state index in [0.717, 1.165) is 6.42 Å². The van der Waals surface area contributed by atoms with Gasteiger partial charge in [0.1, 0.15) is 0 Å². The van der Waals surface area contributed by atoms with E-state index in [9.17, 15) is 0 Å². The largest absolute Gasteiger partial charge is 0.356 e. The summed E-state index contributed by atoms with van der Waals surface area (Å²) in [6.45, 7) is 12.2. The molecule has 0 aromatic carbocycles. The van der Waals surface area contributed by atoms with Gasteiger partial charge < -0.3 is 4.90 Å². The lowest BCUT2D eigenvalue weighted by atomic mass is 10.1. The molecule has 1 saturated heterocycles. The summed E-state index contributed by atoms with van der Waals surface area (Å²) < 4.78 is 0. The maximum atomic E-state index is 4.67. The summed E-state index contributed by atoms with van der Waals surface area (Å²) in [5.74, 6) is 1.31. The highest BCUT2D eigenvalue weighted by molar-refractivity contribution is 5.84. The number of nitrogens with zero attached hydrogens (tertiary/aromatic N) is 2. The Bertz CT molecular complexity index is 199. The minimum Gasteiger partial charge on any atom is -0.356 e. The van der Waals surface area contributed by atoms with Gasteiger partial charge in [0.25, 0.3) is 0 Å². The van der Waals surface area contributed by atoms with Gasteiger partial charge >= 0.3 is 0 Å². The van der Waals surface area contributed by atoms with Gasteiger partial charge in [0, 0.05) is 24.5 Å². The molecule has 0 saturated carbocycles. The fraction of sp³-hybridized carbons (Fsp3) is 0.909. The van der Waals surface area contributed by atoms with Crippen molar-refractivity contribution in [2.24, 2.45) is 4.99 Å². The lowest BCUT2D eigenvalue weighted by Gasteiger charge is -2.34. The van der Waals surface area contributed by atoms with E-state index in [4.69, 9.17) is 0 Å². The monoisotopic (exact) mass is 182 g/mol. The lowest BCUT2D eigenvalue weighted by Crippen LogP contribution is -2.42. The quantitative estimate of drug-likeness (QED) is 0.609. The standard InChI is InChI=1S/C11H22N2/c1-9(2)12-10-7-6-8-13(10)11(3,4)5/h9H,6-8H2,1-5H3. The molecule has 1 aliphatic heterocycles. The first kappa shape index (κ1) is 10.6. The van der Waals surface area contributed by atoms with Crippen molar-refractivity contribution in [1.82, 2.24) is 4.90 Å². The van der Waals surface area contributed by atoms with E-state index in [-0.39, 0.29) is 5.54 Å². The zero-order valence-electron chi connectivity index (χ0n) is 9.59. The summed E-state index contributed by atoms with van der Waals surface area (Å²) in [4.78, 5) is 7.10. The predicted octanol–water partition coefficient (Wildman–Crippen LogP) is 2.69. The Morgan fingerprint density at radius 2 is 1.92 bits per heavy atom. The van der Waals surface area contributed by atoms with Gasteiger partial charge in [-0.3, -0.25) is 4.99 Å². The Kier molecular flexibility index (Phi) is 2.99. The number of hydrogen-bond acceptors (Lipinski definition) is 1. The zero-order valence-corrected chi connectivity index (χ0v) is 9.59. The minimum absolute atomic E-state index is 0.240. The molecule has 0 atom stereocenters. The van der Waals surface area contributed by atoms with Gasteiger partial charge in [-0.2, -0.15) is 0 Å². The number of rotatable bonds is 1. The topological polar surface area (TPSA) is 15.6 Å². The van der Waals surface area contributed by atoms with Crippen LogP contribution in [0, 0.1) is 0 Å². The summed E-state index contributed by atoms with van der Waals surface area (Å²) >= 11 is 0. The molecule has 1 rings (SSSR count). The number of likely N-dealkylation sites (tertiary alicyclic amines) is 1. The highest BCUT2D eigenvalue weighted by atomic mass is 15.3. The third-order valence-corrected chi connectivity index (χ3v) is 2.31. The predicted molar refractivity (Wildman–Crippen MR) is 58.3 cm³/mol. The van der Waals surface area contributed by atoms with Gasteiger partial charge in [0.15, 0.2) is 0 Å². The molecule has 0 aromatic rings. The van der Waals surface area contributed by atoms with Gasteiger partial charge in [0.2, 0.25) is 0 Å². The second kappa shape index (κ2) is 3.69. The van der Waals surface area contributed by atoms with Crippen LogP contribution in [-0.2, 0) is 0 Å². The number of amidine groups is 1. The second-order valence-electron chi connectivity index (χ2n) is 5.07. The first-order valence-electron chi connectivity index (χ1n) is 5.25. The Balaban J connectivity index is 2.75. The van der Waals surface area contributed by atoms with Crippen LogP contribution in [0.5, 0.6) is 0 Å². The maximum absolute atomic E-state index is 4.67. The van der Waals surface area contributed by atoms with Crippen molar-refractivity contribution in [2.45, 2.75) is 59.0 Å². The molecule has 2 nitrogen and oxygen atoms in total. The molecule has 0 unspecified atom stereocenters. The molecular weight excluding hydrogens is 160 g/mol. The molecule has 0 spiro atoms. The summed E-state index contributed by atoms with van der Waals surface area (Å²) in [7, 11) is 0. The highest BCUT2D eigenvalue weighted by Gasteiger charge is 2.28. The zero-order chi connectivity index (χ0) is 10.1. The first-order chi connectivity index (χ1) is 5.91. The molecule has 76 valence electrons. The summed E-state index contributed by atoms with van der Waals surface area (Å²) in [6, 6.07) is 0.429. The first-order valence-corrected chi connectivity index (χ1v) is 5.25. The van der Waals surface area contributed by atoms with Crippen LogP contribution < -0.4 is 0 Å². The molecule has 1 heterocycles. The Labute approximate surface area is 82.0 Å². The van der Waals surface area contributed by atoms with Crippen LogP contribution >= 0.6 is 0 Å². The van der Waals surface area contributed by atoms with Gasteiger partial charge in [-0.05, 0) is 41.0 Å². The van der Waals surface area contributed by atoms with Crippen LogP contribution in [-0.4, -0.2) is 28.9 Å². The molecule has 2 heteroatoms. The van der Waals surface area contributed by atoms with Crippen molar-refractivity contribution in [2.75, 3.05) is 6.54 Å². The van der Waals surface area contributed by atoms with Crippen LogP contribution in [0.4, 0.5) is 0 Å². The molecule has 0 bridgehead atoms. The molecule has 0 radical (unpaired) electrons. The third kappa shape index (κ3) is 2.71. The Morgan fingerprint density at radius 1 is 1.31 bits per heavy atom. The van der Waals surface area contributed by atoms with E-state index in [1.54, 1.807) is 0 Å². The highest BCUT2D eigenvalue weighted by Crippen LogP contribution is 2.22. The minimum atomic E-state index is 0.240. The Morgan fingerprint density at radius 3 is 2.38 bits per heavy atom. The van der Waals surface area contributed by atoms with E-state index < -0.39 is 0 Å². The fourth-order valence-corrected chi connectivity index (χ4v) is 1.81. The summed E-state index contributed by atoms with van der Waals surface area (Å²) in [6.07, 6.45) is 2.43. The van der Waals surface area contributed by atoms with Crippen LogP contribution in [0.15, 0.2) is 4.99 Å². The van der Waals surface area contributed by atoms with E-state index in [2.05, 4.69) is 44.5 Å². The lowest BCUT2D eigenvalue weighted by molar-refractivity contribution is 0.254. The normalized spacial score (nSPS) is 22.0. The van der Waals surface area contributed by atoms with Crippen LogP contribution in [0.3, 0.4) is 0 Å². The maximum Gasteiger partial charge on any atom is 0.0997 e. The molecule has 0 amide bonds. The van der Waals surface area contributed by atoms with Crippen LogP contribution in [0.2, 0.25) is 0 Å². The molecule has 0 aromatic heterocycles. The molecule has 1 aliphatic rings. The van der Waals surface area contributed by atoms with E-state index >= 15 is 0 Å². The van der Waals surface area contributed by atoms with Crippen molar-refractivity contribution in [3.05, 3.63) is 0 Å². The molecule has 0 aliphatic carbocycles. The van der Waals surface area contributed by atoms with Crippen molar-refractivity contribution in [1.29, 1.82) is 0 Å². The van der Waals surface area contributed by atoms with Crippen LogP contribution in [0.1, 0.15) is 47.5 Å². The Hall–Kier alpha value is -0.530. The fourth-order valence-electron chi connectivity index (χ4n) is 1.81. The molecule has 13 heavy (non-hydrogen) atoms. The second-order valence-corrected chi connectivity index (χ2v) is 5.07. The molecule has 0 N–H and O–H groups in total. The van der Waals surface area contributed by atoms with Gasteiger partial charge in [-0.25, -0.2) is 0 Å². The average Bonchev–Trinajstić information content (AvgIpc) is 2.31. The average molecular weight is 182 g/mol. The summed E-state index contributed by atoms with van der Waals surface area (Å²) in [5.41, 5.74) is 0.240. The van der Waals surface area contributed by atoms with E-state index in [1.807, 2.05) is 0 Å². The van der Waals surface area contributed by atoms with Crippen molar-refractivity contribution in [3.8, 4) is 0 Å². The van der Waals surface area contributed by atoms with Gasteiger partial charge in [-0.15, -0.1) is 0 Å². The van der Waals surface area contributed by atoms with E-state index in [1.165, 1.54) is 18.8 Å². The number of aliphatic imine (C=N–C) groups is 1. The van der Waals surface area contributed by atoms with Gasteiger partial charge in [-0.1, -0.05) is 0 Å². The molecule has 1 fully saturated rings. The van der Waals surface area contributed by atoms with Crippen molar-refractivity contribution >= 4 is 5.84 Å². The SMILES string of the molecule is CC(C)N=C1CCCN1C(C)(C)C. The smallest absolute Gasteiger partial charge is 0.0997 e. The van der Waals surface area contributed by atoms with Crippen molar-refractivity contribution in [3.63, 3.8) is 0 Å². The van der Waals surface area contributed by atoms with Crippen molar-refractivity contribution < 1.29 is 0 Å². The summed E-state index contributed by atoms with van der Waals surface area (Å²) in [5, 5.41) is 0. The number of hydrogen-bond donors (Lipinski definition) is 0.